The predicted octanol–water partition coefficient (Wildman–Crippen LogP) is 2.01. The van der Waals surface area contributed by atoms with Gasteiger partial charge in [-0.05, 0) is 25.0 Å². The Bertz CT molecular complexity index is 726. The van der Waals surface area contributed by atoms with Crippen LogP contribution in [0.5, 0.6) is 0 Å². The molecule has 0 heterocycles. The minimum absolute atomic E-state index is 0.0704. The number of hydrogen-bond acceptors (Lipinski definition) is 5. The highest BCUT2D eigenvalue weighted by Gasteiger charge is 2.23. The van der Waals surface area contributed by atoms with Gasteiger partial charge >= 0.3 is 5.97 Å². The molecule has 0 radical (unpaired) electrons. The van der Waals surface area contributed by atoms with Crippen LogP contribution in [0.2, 0.25) is 0 Å². The lowest BCUT2D eigenvalue weighted by Gasteiger charge is -2.31. The van der Waals surface area contributed by atoms with Crippen molar-refractivity contribution in [2.75, 3.05) is 24.6 Å². The van der Waals surface area contributed by atoms with E-state index in [1.165, 1.54) is 18.6 Å². The van der Waals surface area contributed by atoms with Crippen LogP contribution in [0.15, 0.2) is 24.3 Å². The Morgan fingerprint density at radius 1 is 1.20 bits per heavy atom. The van der Waals surface area contributed by atoms with Crippen LogP contribution in [0.25, 0.3) is 0 Å². The maximum atomic E-state index is 12.2. The molecule has 1 amide bonds. The van der Waals surface area contributed by atoms with Gasteiger partial charge in [-0.2, -0.15) is 0 Å². The molecule has 0 saturated heterocycles. The lowest BCUT2D eigenvalue weighted by atomic mass is 9.94. The quantitative estimate of drug-likeness (QED) is 0.775. The first-order valence-corrected chi connectivity index (χ1v) is 10.2. The summed E-state index contributed by atoms with van der Waals surface area (Å²) in [4.78, 5) is 26.1. The molecule has 0 spiro atoms. The largest absolute Gasteiger partial charge is 0.452 e. The van der Waals surface area contributed by atoms with Gasteiger partial charge in [0, 0.05) is 13.1 Å². The van der Waals surface area contributed by atoms with E-state index in [1.54, 1.807) is 24.1 Å². The Kier molecular flexibility index (Phi) is 6.41. The summed E-state index contributed by atoms with van der Waals surface area (Å²) >= 11 is 0. The third-order valence-electron chi connectivity index (χ3n) is 4.28. The molecule has 0 bridgehead atoms. The second kappa shape index (κ2) is 8.33. The van der Waals surface area contributed by atoms with Gasteiger partial charge in [-0.3, -0.25) is 9.52 Å². The summed E-state index contributed by atoms with van der Waals surface area (Å²) in [5, 5.41) is 0. The number of carbonyl (C=O) groups excluding carboxylic acids is 2. The third kappa shape index (κ3) is 5.74. The van der Waals surface area contributed by atoms with Crippen molar-refractivity contribution in [1.29, 1.82) is 0 Å². The highest BCUT2D eigenvalue weighted by Crippen LogP contribution is 2.22. The van der Waals surface area contributed by atoms with Crippen molar-refractivity contribution >= 4 is 27.6 Å². The first-order chi connectivity index (χ1) is 11.8. The number of benzene rings is 1. The van der Waals surface area contributed by atoms with Crippen LogP contribution in [0.4, 0.5) is 5.69 Å². The van der Waals surface area contributed by atoms with Crippen LogP contribution in [-0.2, 0) is 19.6 Å². The van der Waals surface area contributed by atoms with E-state index in [0.717, 1.165) is 31.9 Å². The monoisotopic (exact) mass is 368 g/mol. The van der Waals surface area contributed by atoms with Crippen molar-refractivity contribution in [3.05, 3.63) is 29.8 Å². The Balaban J connectivity index is 1.97. The number of esters is 1. The molecule has 1 aromatic carbocycles. The number of carbonyl (C=O) groups is 2. The van der Waals surface area contributed by atoms with Gasteiger partial charge in [-0.25, -0.2) is 13.2 Å². The summed E-state index contributed by atoms with van der Waals surface area (Å²) in [5.74, 6) is -0.994. The van der Waals surface area contributed by atoms with Gasteiger partial charge in [0.25, 0.3) is 5.91 Å². The van der Waals surface area contributed by atoms with Gasteiger partial charge in [-0.1, -0.05) is 31.4 Å². The molecule has 0 aliphatic heterocycles. The number of sulfonamides is 1. The van der Waals surface area contributed by atoms with Crippen molar-refractivity contribution in [1.82, 2.24) is 4.90 Å². The van der Waals surface area contributed by atoms with Crippen LogP contribution in [-0.4, -0.2) is 51.1 Å². The number of rotatable bonds is 6. The zero-order valence-electron chi connectivity index (χ0n) is 14.5. The molecule has 7 nitrogen and oxygen atoms in total. The van der Waals surface area contributed by atoms with E-state index in [9.17, 15) is 18.0 Å². The normalized spacial score (nSPS) is 15.4. The van der Waals surface area contributed by atoms with E-state index >= 15 is 0 Å². The Labute approximate surface area is 148 Å². The molecule has 2 rings (SSSR count). The van der Waals surface area contributed by atoms with Gasteiger partial charge < -0.3 is 9.64 Å². The topological polar surface area (TPSA) is 92.8 Å². The standard InChI is InChI=1S/C17H24N2O5S/c1-19(13-8-4-3-5-9-13)16(20)12-24-17(21)14-10-6-7-11-15(14)18-25(2,22)23/h6-7,10-11,13,18H,3-5,8-9,12H2,1-2H3. The fourth-order valence-corrected chi connectivity index (χ4v) is 3.51. The second-order valence-electron chi connectivity index (χ2n) is 6.29. The summed E-state index contributed by atoms with van der Waals surface area (Å²) in [7, 11) is -1.80. The van der Waals surface area contributed by atoms with Gasteiger partial charge in [0.15, 0.2) is 6.61 Å². The van der Waals surface area contributed by atoms with Crippen LogP contribution in [0, 0.1) is 0 Å². The molecular weight excluding hydrogens is 344 g/mol. The predicted molar refractivity (Wildman–Crippen MR) is 94.8 cm³/mol. The first kappa shape index (κ1) is 19.2. The number of amides is 1. The number of nitrogens with zero attached hydrogens (tertiary/aromatic N) is 1. The minimum atomic E-state index is -3.53. The summed E-state index contributed by atoms with van der Waals surface area (Å²) in [5.41, 5.74) is 0.198. The molecule has 1 N–H and O–H groups in total. The molecule has 1 fully saturated rings. The molecule has 138 valence electrons. The number of ether oxygens (including phenoxy) is 1. The van der Waals surface area contributed by atoms with Crippen molar-refractivity contribution in [3.63, 3.8) is 0 Å². The molecule has 1 aliphatic rings. The summed E-state index contributed by atoms with van der Waals surface area (Å²) in [6, 6.07) is 6.31. The molecule has 0 atom stereocenters. The minimum Gasteiger partial charge on any atom is -0.452 e. The molecule has 1 saturated carbocycles. The van der Waals surface area contributed by atoms with E-state index < -0.39 is 16.0 Å². The summed E-state index contributed by atoms with van der Waals surface area (Å²) in [6.45, 7) is -0.362. The van der Waals surface area contributed by atoms with E-state index in [0.29, 0.717) is 0 Å². The van der Waals surface area contributed by atoms with E-state index in [-0.39, 0.29) is 29.8 Å². The Morgan fingerprint density at radius 3 is 2.48 bits per heavy atom. The van der Waals surface area contributed by atoms with Crippen molar-refractivity contribution in [2.24, 2.45) is 0 Å². The third-order valence-corrected chi connectivity index (χ3v) is 4.88. The van der Waals surface area contributed by atoms with Crippen LogP contribution >= 0.6 is 0 Å². The van der Waals surface area contributed by atoms with Crippen LogP contribution < -0.4 is 4.72 Å². The number of nitrogens with one attached hydrogen (secondary N) is 1. The molecule has 0 aromatic heterocycles. The van der Waals surface area contributed by atoms with E-state index in [1.807, 2.05) is 0 Å². The maximum Gasteiger partial charge on any atom is 0.340 e. The van der Waals surface area contributed by atoms with Crippen molar-refractivity contribution in [3.8, 4) is 0 Å². The average molecular weight is 368 g/mol. The highest BCUT2D eigenvalue weighted by atomic mass is 32.2. The zero-order valence-corrected chi connectivity index (χ0v) is 15.3. The summed E-state index contributed by atoms with van der Waals surface area (Å²) < 4.78 is 30.1. The number of hydrogen-bond donors (Lipinski definition) is 1. The van der Waals surface area contributed by atoms with E-state index in [2.05, 4.69) is 4.72 Å². The number of anilines is 1. The molecule has 25 heavy (non-hydrogen) atoms. The van der Waals surface area contributed by atoms with Crippen LogP contribution in [0.3, 0.4) is 0 Å². The Hall–Kier alpha value is -2.09. The fraction of sp³-hybridized carbons (Fsp3) is 0.529. The number of para-hydroxylation sites is 1. The van der Waals surface area contributed by atoms with Crippen molar-refractivity contribution < 1.29 is 22.7 Å². The molecule has 8 heteroatoms. The average Bonchev–Trinajstić information content (AvgIpc) is 2.58. The van der Waals surface area contributed by atoms with E-state index in [4.69, 9.17) is 4.74 Å². The number of likely N-dealkylation sites (N-methyl/N-ethyl adjacent to an activating group) is 1. The van der Waals surface area contributed by atoms with Crippen molar-refractivity contribution in [2.45, 2.75) is 38.1 Å². The highest BCUT2D eigenvalue weighted by molar-refractivity contribution is 7.92. The lowest BCUT2D eigenvalue weighted by molar-refractivity contribution is -0.135. The smallest absolute Gasteiger partial charge is 0.340 e. The Morgan fingerprint density at radius 2 is 1.84 bits per heavy atom. The molecular formula is C17H24N2O5S. The second-order valence-corrected chi connectivity index (χ2v) is 8.04. The molecule has 1 aromatic rings. The zero-order chi connectivity index (χ0) is 18.4. The van der Waals surface area contributed by atoms with Gasteiger partial charge in [-0.15, -0.1) is 0 Å². The van der Waals surface area contributed by atoms with Crippen LogP contribution in [0.1, 0.15) is 42.5 Å². The van der Waals surface area contributed by atoms with Gasteiger partial charge in [0.2, 0.25) is 10.0 Å². The molecule has 0 unspecified atom stereocenters. The SMILES string of the molecule is CN(C(=O)COC(=O)c1ccccc1NS(C)(=O)=O)C1CCCCC1. The maximum absolute atomic E-state index is 12.2. The first-order valence-electron chi connectivity index (χ1n) is 8.27. The lowest BCUT2D eigenvalue weighted by Crippen LogP contribution is -2.40. The van der Waals surface area contributed by atoms with Gasteiger partial charge in [0.05, 0.1) is 17.5 Å². The molecule has 1 aliphatic carbocycles. The fourth-order valence-electron chi connectivity index (χ4n) is 2.93. The summed E-state index contributed by atoms with van der Waals surface area (Å²) in [6.07, 6.45) is 6.34. The van der Waals surface area contributed by atoms with Gasteiger partial charge in [0.1, 0.15) is 0 Å².